The fraction of sp³-hybridized carbons (Fsp3) is 0.607. The maximum atomic E-state index is 13.1. The van der Waals surface area contributed by atoms with E-state index < -0.39 is 6.04 Å². The highest BCUT2D eigenvalue weighted by Gasteiger charge is 2.43. The minimum Gasteiger partial charge on any atom is -0.487 e. The van der Waals surface area contributed by atoms with Gasteiger partial charge in [-0.3, -0.25) is 9.59 Å². The van der Waals surface area contributed by atoms with Gasteiger partial charge in [0.15, 0.2) is 0 Å². The normalized spacial score (nSPS) is 27.5. The molecule has 1 aromatic carbocycles. The lowest BCUT2D eigenvalue weighted by Gasteiger charge is -2.47. The van der Waals surface area contributed by atoms with Crippen molar-refractivity contribution in [1.29, 1.82) is 0 Å². The van der Waals surface area contributed by atoms with Gasteiger partial charge in [0.05, 0.1) is 18.3 Å². The summed E-state index contributed by atoms with van der Waals surface area (Å²) in [6.07, 6.45) is 9.49. The van der Waals surface area contributed by atoms with E-state index in [9.17, 15) is 14.4 Å². The predicted molar refractivity (Wildman–Crippen MR) is 137 cm³/mol. The van der Waals surface area contributed by atoms with Crippen LogP contribution >= 0.6 is 0 Å². The second-order valence-electron chi connectivity index (χ2n) is 11.5. The van der Waals surface area contributed by atoms with Crippen LogP contribution in [0.3, 0.4) is 0 Å². The number of likely N-dealkylation sites (N-methyl/N-ethyl adjacent to an activating group) is 1. The Bertz CT molecular complexity index is 1160. The number of ether oxygens (including phenoxy) is 1. The fourth-order valence-electron chi connectivity index (χ4n) is 7.06. The average molecular weight is 508 g/mol. The molecule has 0 spiro atoms. The molecule has 0 radical (unpaired) electrons. The van der Waals surface area contributed by atoms with Gasteiger partial charge in [-0.1, -0.05) is 18.2 Å². The van der Waals surface area contributed by atoms with Crippen molar-refractivity contribution in [2.75, 3.05) is 7.05 Å². The minimum absolute atomic E-state index is 0.0176. The van der Waals surface area contributed by atoms with Crippen molar-refractivity contribution in [2.24, 2.45) is 17.8 Å². The van der Waals surface area contributed by atoms with Gasteiger partial charge in [-0.25, -0.2) is 4.68 Å². The van der Waals surface area contributed by atoms with Crippen LogP contribution in [0.2, 0.25) is 0 Å². The van der Waals surface area contributed by atoms with E-state index in [0.29, 0.717) is 11.3 Å². The van der Waals surface area contributed by atoms with Gasteiger partial charge < -0.3 is 19.7 Å². The smallest absolute Gasteiger partial charge is 0.255 e. The topological polar surface area (TPSA) is 106 Å². The summed E-state index contributed by atoms with van der Waals surface area (Å²) in [5, 5.41) is 11.5. The number of carbonyl (C=O) groups is 3. The summed E-state index contributed by atoms with van der Waals surface area (Å²) in [5.41, 5.74) is 2.01. The van der Waals surface area contributed by atoms with Gasteiger partial charge in [0.1, 0.15) is 30.4 Å². The van der Waals surface area contributed by atoms with Crippen LogP contribution in [0, 0.1) is 17.8 Å². The molecule has 2 heterocycles. The van der Waals surface area contributed by atoms with E-state index in [2.05, 4.69) is 29.5 Å². The van der Waals surface area contributed by atoms with Crippen LogP contribution in [0.25, 0.3) is 0 Å². The summed E-state index contributed by atoms with van der Waals surface area (Å²) in [4.78, 5) is 38.1. The molecule has 0 saturated heterocycles. The van der Waals surface area contributed by atoms with Gasteiger partial charge in [0, 0.05) is 24.6 Å². The Morgan fingerprint density at radius 2 is 2.03 bits per heavy atom. The second kappa shape index (κ2) is 10.3. The van der Waals surface area contributed by atoms with Gasteiger partial charge in [-0.2, -0.15) is 0 Å². The number of amides is 2. The molecule has 9 nitrogen and oxygen atoms in total. The molecule has 1 aliphatic heterocycles. The van der Waals surface area contributed by atoms with Gasteiger partial charge in [0.2, 0.25) is 5.91 Å². The fourth-order valence-corrected chi connectivity index (χ4v) is 7.06. The molecule has 2 amide bonds. The first kappa shape index (κ1) is 25.4. The zero-order valence-electron chi connectivity index (χ0n) is 22.0. The minimum atomic E-state index is -0.707. The van der Waals surface area contributed by atoms with E-state index in [0.717, 1.165) is 48.1 Å². The Hall–Kier alpha value is -3.23. The Morgan fingerprint density at radius 1 is 1.27 bits per heavy atom. The van der Waals surface area contributed by atoms with Crippen molar-refractivity contribution in [3.8, 4) is 5.75 Å². The molecule has 5 rings (SSSR count). The molecule has 3 atom stereocenters. The molecule has 2 fully saturated rings. The zero-order chi connectivity index (χ0) is 26.2. The van der Waals surface area contributed by atoms with E-state index in [4.69, 9.17) is 4.74 Å². The predicted octanol–water partition coefficient (Wildman–Crippen LogP) is 3.47. The molecule has 2 saturated carbocycles. The van der Waals surface area contributed by atoms with Crippen molar-refractivity contribution in [3.63, 3.8) is 0 Å². The van der Waals surface area contributed by atoms with Crippen LogP contribution < -0.4 is 10.1 Å². The SMILES string of the molecule is CNC(=O)C(CCC=O)N1Cc2c(OCc3cn(C4(C)CC5CC(C)CC(C5)C4)nn3)cccc2C1=O. The van der Waals surface area contributed by atoms with E-state index in [1.807, 2.05) is 16.9 Å². The third-order valence-corrected chi connectivity index (χ3v) is 8.50. The first-order chi connectivity index (χ1) is 17.8. The first-order valence-corrected chi connectivity index (χ1v) is 13.4. The Morgan fingerprint density at radius 3 is 2.73 bits per heavy atom. The van der Waals surface area contributed by atoms with Crippen LogP contribution in [0.4, 0.5) is 0 Å². The Labute approximate surface area is 217 Å². The molecular weight excluding hydrogens is 470 g/mol. The molecule has 2 bridgehead atoms. The van der Waals surface area contributed by atoms with E-state index in [1.165, 1.54) is 31.2 Å². The summed E-state index contributed by atoms with van der Waals surface area (Å²) in [6.45, 7) is 5.19. The number of hydrogen-bond donors (Lipinski definition) is 1. The van der Waals surface area contributed by atoms with Crippen molar-refractivity contribution in [3.05, 3.63) is 41.2 Å². The molecular formula is C28H37N5O4. The molecule has 2 aliphatic carbocycles. The van der Waals surface area contributed by atoms with Crippen LogP contribution in [-0.4, -0.2) is 51.1 Å². The lowest BCUT2D eigenvalue weighted by molar-refractivity contribution is -0.125. The molecule has 9 heteroatoms. The Balaban J connectivity index is 1.28. The zero-order valence-corrected chi connectivity index (χ0v) is 22.0. The van der Waals surface area contributed by atoms with Crippen molar-refractivity contribution in [2.45, 2.75) is 83.5 Å². The summed E-state index contributed by atoms with van der Waals surface area (Å²) >= 11 is 0. The first-order valence-electron chi connectivity index (χ1n) is 13.4. The number of carbonyl (C=O) groups excluding carboxylic acids is 3. The maximum absolute atomic E-state index is 13.1. The van der Waals surface area contributed by atoms with Crippen LogP contribution in [-0.2, 0) is 28.3 Å². The molecule has 1 N–H and O–H groups in total. The average Bonchev–Trinajstić information content (AvgIpc) is 3.48. The number of benzene rings is 1. The summed E-state index contributed by atoms with van der Waals surface area (Å²) < 4.78 is 8.19. The van der Waals surface area contributed by atoms with Crippen LogP contribution in [0.15, 0.2) is 24.4 Å². The molecule has 3 aliphatic rings. The van der Waals surface area contributed by atoms with Crippen molar-refractivity contribution < 1.29 is 19.1 Å². The number of aromatic nitrogens is 3. The summed E-state index contributed by atoms with van der Waals surface area (Å²) in [5.74, 6) is 2.43. The summed E-state index contributed by atoms with van der Waals surface area (Å²) in [6, 6.07) is 4.67. The number of nitrogens with one attached hydrogen (secondary N) is 1. The highest BCUT2D eigenvalue weighted by atomic mass is 16.5. The van der Waals surface area contributed by atoms with Gasteiger partial charge in [-0.05, 0) is 75.3 Å². The van der Waals surface area contributed by atoms with Gasteiger partial charge in [-0.15, -0.1) is 5.10 Å². The quantitative estimate of drug-likeness (QED) is 0.521. The largest absolute Gasteiger partial charge is 0.487 e. The third kappa shape index (κ3) is 5.00. The monoisotopic (exact) mass is 507 g/mol. The van der Waals surface area contributed by atoms with Gasteiger partial charge >= 0.3 is 0 Å². The van der Waals surface area contributed by atoms with E-state index >= 15 is 0 Å². The number of hydrogen-bond acceptors (Lipinski definition) is 6. The summed E-state index contributed by atoms with van der Waals surface area (Å²) in [7, 11) is 1.53. The Kier molecular flexibility index (Phi) is 7.05. The number of nitrogens with zero attached hydrogens (tertiary/aromatic N) is 4. The lowest BCUT2D eigenvalue weighted by atomic mass is 9.63. The molecule has 3 unspecified atom stereocenters. The number of rotatable bonds is 9. The van der Waals surface area contributed by atoms with Crippen LogP contribution in [0.5, 0.6) is 5.75 Å². The lowest BCUT2D eigenvalue weighted by Crippen LogP contribution is -2.46. The molecule has 1 aromatic heterocycles. The number of aldehydes is 1. The van der Waals surface area contributed by atoms with Crippen LogP contribution in [0.1, 0.15) is 80.4 Å². The molecule has 37 heavy (non-hydrogen) atoms. The highest BCUT2D eigenvalue weighted by molar-refractivity contribution is 6.01. The highest BCUT2D eigenvalue weighted by Crippen LogP contribution is 2.49. The van der Waals surface area contributed by atoms with E-state index in [-0.39, 0.29) is 43.3 Å². The van der Waals surface area contributed by atoms with Gasteiger partial charge in [0.25, 0.3) is 5.91 Å². The van der Waals surface area contributed by atoms with Crippen molar-refractivity contribution in [1.82, 2.24) is 25.2 Å². The number of fused-ring (bicyclic) bond motifs is 3. The van der Waals surface area contributed by atoms with Crippen molar-refractivity contribution >= 4 is 18.1 Å². The standard InChI is InChI=1S/C28H37N5O4/c1-18-10-19-12-20(11-18)14-28(2,13-19)33-15-21(30-31-33)17-37-25-8-4-6-22-23(25)16-32(27(22)36)24(7-5-9-34)26(35)29-3/h4,6,8-9,15,18-20,24H,5,7,10-14,16-17H2,1-3H3,(H,29,35). The third-order valence-electron chi connectivity index (χ3n) is 8.50. The van der Waals surface area contributed by atoms with E-state index in [1.54, 1.807) is 12.1 Å². The second-order valence-corrected chi connectivity index (χ2v) is 11.5. The maximum Gasteiger partial charge on any atom is 0.255 e. The molecule has 2 aromatic rings. The molecule has 198 valence electrons.